The van der Waals surface area contributed by atoms with Gasteiger partial charge < -0.3 is 10.1 Å². The average molecular weight is 325 g/mol. The molecule has 1 aromatic rings. The smallest absolute Gasteiger partial charge is 0.220 e. The predicted molar refractivity (Wildman–Crippen MR) is 91.7 cm³/mol. The Morgan fingerprint density at radius 3 is 3.04 bits per heavy atom. The molecule has 1 unspecified atom stereocenters. The van der Waals surface area contributed by atoms with Crippen molar-refractivity contribution in [2.24, 2.45) is 10.2 Å². The number of carbonyl (C=O) groups is 1. The van der Waals surface area contributed by atoms with Crippen LogP contribution >= 0.6 is 0 Å². The molecule has 126 valence electrons. The van der Waals surface area contributed by atoms with Crippen LogP contribution in [0.1, 0.15) is 56.2 Å². The van der Waals surface area contributed by atoms with Crippen LogP contribution in [0.25, 0.3) is 0 Å². The third-order valence-electron chi connectivity index (χ3n) is 4.62. The number of ether oxygens (including phenoxy) is 1. The number of hydrogen-bond donors (Lipinski definition) is 1. The number of nitrogens with one attached hydrogen (secondary N) is 1. The lowest BCUT2D eigenvalue weighted by Crippen LogP contribution is -2.28. The normalized spacial score (nSPS) is 18.0. The third-order valence-corrected chi connectivity index (χ3v) is 4.62. The Balaban J connectivity index is 1.50. The zero-order valence-corrected chi connectivity index (χ0v) is 14.0. The molecule has 0 radical (unpaired) electrons. The van der Waals surface area contributed by atoms with E-state index in [9.17, 15) is 4.79 Å². The summed E-state index contributed by atoms with van der Waals surface area (Å²) < 4.78 is 5.63. The molecular weight excluding hydrogens is 302 g/mol. The maximum Gasteiger partial charge on any atom is 0.220 e. The Morgan fingerprint density at radius 2 is 2.29 bits per heavy atom. The lowest BCUT2D eigenvalue weighted by atomic mass is 9.99. The molecule has 1 amide bonds. The van der Waals surface area contributed by atoms with Gasteiger partial charge in [-0.1, -0.05) is 12.1 Å². The third kappa shape index (κ3) is 3.94. The van der Waals surface area contributed by atoms with Gasteiger partial charge in [-0.3, -0.25) is 4.79 Å². The largest absolute Gasteiger partial charge is 0.493 e. The van der Waals surface area contributed by atoms with Gasteiger partial charge in [0.2, 0.25) is 5.91 Å². The zero-order valence-electron chi connectivity index (χ0n) is 14.0. The van der Waals surface area contributed by atoms with E-state index in [2.05, 4.69) is 27.5 Å². The zero-order chi connectivity index (χ0) is 17.0. The summed E-state index contributed by atoms with van der Waals surface area (Å²) >= 11 is 0. The highest BCUT2D eigenvalue weighted by Crippen LogP contribution is 2.37. The summed E-state index contributed by atoms with van der Waals surface area (Å²) in [4.78, 5) is 12.2. The molecule has 0 saturated heterocycles. The van der Waals surface area contributed by atoms with Crippen LogP contribution in [-0.4, -0.2) is 18.2 Å². The molecule has 5 nitrogen and oxygen atoms in total. The minimum atomic E-state index is -0.393. The number of terminal acetylenes is 1. The van der Waals surface area contributed by atoms with Crippen molar-refractivity contribution in [3.8, 4) is 18.1 Å². The number of benzene rings is 1. The predicted octanol–water partition coefficient (Wildman–Crippen LogP) is 3.54. The van der Waals surface area contributed by atoms with Gasteiger partial charge in [0.15, 0.2) is 5.66 Å². The first-order chi connectivity index (χ1) is 11.6. The molecule has 0 saturated carbocycles. The molecule has 1 atom stereocenters. The van der Waals surface area contributed by atoms with Crippen molar-refractivity contribution in [3.63, 3.8) is 0 Å². The summed E-state index contributed by atoms with van der Waals surface area (Å²) in [6.07, 6.45) is 9.77. The highest BCUT2D eigenvalue weighted by atomic mass is 16.5. The fourth-order valence-electron chi connectivity index (χ4n) is 3.03. The van der Waals surface area contributed by atoms with Crippen molar-refractivity contribution < 1.29 is 9.53 Å². The van der Waals surface area contributed by atoms with Gasteiger partial charge in [0.05, 0.1) is 12.6 Å². The molecular formula is C19H23N3O2. The molecule has 3 rings (SSSR count). The number of hydrogen-bond acceptors (Lipinski definition) is 4. The number of rotatable bonds is 7. The van der Waals surface area contributed by atoms with Crippen LogP contribution < -0.4 is 10.1 Å². The van der Waals surface area contributed by atoms with Gasteiger partial charge in [0, 0.05) is 25.7 Å². The summed E-state index contributed by atoms with van der Waals surface area (Å²) in [5, 5.41) is 11.2. The first-order valence-corrected chi connectivity index (χ1v) is 8.54. The van der Waals surface area contributed by atoms with Gasteiger partial charge in [0.25, 0.3) is 0 Å². The van der Waals surface area contributed by atoms with Gasteiger partial charge in [0.1, 0.15) is 5.75 Å². The molecule has 0 spiro atoms. The van der Waals surface area contributed by atoms with Crippen LogP contribution in [0.2, 0.25) is 0 Å². The van der Waals surface area contributed by atoms with Crippen LogP contribution in [0.15, 0.2) is 28.4 Å². The Labute approximate surface area is 142 Å². The van der Waals surface area contributed by atoms with Crippen molar-refractivity contribution in [1.82, 2.24) is 5.32 Å². The quantitative estimate of drug-likeness (QED) is 0.779. The van der Waals surface area contributed by atoms with E-state index < -0.39 is 5.66 Å². The minimum Gasteiger partial charge on any atom is -0.493 e. The first-order valence-electron chi connectivity index (χ1n) is 8.54. The second-order valence-electron chi connectivity index (χ2n) is 6.49. The topological polar surface area (TPSA) is 63.0 Å². The van der Waals surface area contributed by atoms with Crippen molar-refractivity contribution in [2.75, 3.05) is 6.61 Å². The second kappa shape index (κ2) is 7.04. The molecule has 24 heavy (non-hydrogen) atoms. The summed E-state index contributed by atoms with van der Waals surface area (Å²) in [6, 6.07) is 6.14. The van der Waals surface area contributed by atoms with Crippen LogP contribution in [0, 0.1) is 12.3 Å². The molecule has 2 aliphatic heterocycles. The number of nitrogens with zero attached hydrogens (tertiary/aromatic N) is 2. The Hall–Kier alpha value is -2.35. The monoisotopic (exact) mass is 325 g/mol. The van der Waals surface area contributed by atoms with Gasteiger partial charge in [-0.25, -0.2) is 0 Å². The van der Waals surface area contributed by atoms with Crippen LogP contribution in [0.3, 0.4) is 0 Å². The van der Waals surface area contributed by atoms with E-state index in [1.807, 2.05) is 19.1 Å². The first kappa shape index (κ1) is 16.5. The lowest BCUT2D eigenvalue weighted by Gasteiger charge is -2.20. The number of amides is 1. The van der Waals surface area contributed by atoms with Crippen LogP contribution in [-0.2, 0) is 11.2 Å². The Bertz CT molecular complexity index is 684. The van der Waals surface area contributed by atoms with Gasteiger partial charge in [-0.05, 0) is 37.0 Å². The molecule has 2 heterocycles. The average Bonchev–Trinajstić information content (AvgIpc) is 3.38. The fourth-order valence-corrected chi connectivity index (χ4v) is 3.03. The minimum absolute atomic E-state index is 0.0221. The standard InChI is InChI=1S/C19H23N3O2/c1-3-4-10-19(21-22-19)11-9-18(23)20-14(2)15-7-8-17-16(13-15)6-5-12-24-17/h1,7-8,13-14H,4-6,9-12H2,2H3,(H,20,23). The van der Waals surface area contributed by atoms with Crippen molar-refractivity contribution in [1.29, 1.82) is 0 Å². The molecule has 1 aromatic carbocycles. The Morgan fingerprint density at radius 1 is 1.46 bits per heavy atom. The molecule has 0 aromatic heterocycles. The van der Waals surface area contributed by atoms with E-state index in [0.717, 1.165) is 37.2 Å². The molecule has 5 heteroatoms. The van der Waals surface area contributed by atoms with Crippen molar-refractivity contribution in [2.45, 2.75) is 57.2 Å². The van der Waals surface area contributed by atoms with Crippen molar-refractivity contribution in [3.05, 3.63) is 29.3 Å². The summed E-state index contributed by atoms with van der Waals surface area (Å²) in [6.45, 7) is 2.79. The molecule has 0 bridgehead atoms. The maximum atomic E-state index is 12.2. The summed E-state index contributed by atoms with van der Waals surface area (Å²) in [7, 11) is 0. The van der Waals surface area contributed by atoms with Crippen LogP contribution in [0.4, 0.5) is 0 Å². The van der Waals surface area contributed by atoms with Gasteiger partial charge >= 0.3 is 0 Å². The highest BCUT2D eigenvalue weighted by molar-refractivity contribution is 5.76. The summed E-state index contributed by atoms with van der Waals surface area (Å²) in [5.74, 6) is 3.59. The van der Waals surface area contributed by atoms with E-state index in [4.69, 9.17) is 11.2 Å². The van der Waals surface area contributed by atoms with E-state index in [1.165, 1.54) is 5.56 Å². The van der Waals surface area contributed by atoms with E-state index >= 15 is 0 Å². The maximum absolute atomic E-state index is 12.2. The van der Waals surface area contributed by atoms with Gasteiger partial charge in [-0.2, -0.15) is 10.2 Å². The number of carbonyl (C=O) groups excluding carboxylic acids is 1. The fraction of sp³-hybridized carbons (Fsp3) is 0.526. The summed E-state index contributed by atoms with van der Waals surface area (Å²) in [5.41, 5.74) is 1.94. The molecule has 0 aliphatic carbocycles. The molecule has 0 fully saturated rings. The number of aryl methyl sites for hydroxylation is 1. The van der Waals surface area contributed by atoms with E-state index in [0.29, 0.717) is 19.3 Å². The SMILES string of the molecule is C#CCCC1(CCC(=O)NC(C)c2ccc3c(c2)CCCO3)N=N1. The Kier molecular flexibility index (Phi) is 4.84. The molecule has 1 N–H and O–H groups in total. The number of fused-ring (bicyclic) bond motifs is 1. The second-order valence-corrected chi connectivity index (χ2v) is 6.49. The lowest BCUT2D eigenvalue weighted by molar-refractivity contribution is -0.122. The van der Waals surface area contributed by atoms with E-state index in [-0.39, 0.29) is 11.9 Å². The van der Waals surface area contributed by atoms with Crippen molar-refractivity contribution >= 4 is 5.91 Å². The molecule has 2 aliphatic rings. The van der Waals surface area contributed by atoms with Crippen LogP contribution in [0.5, 0.6) is 5.75 Å². The highest BCUT2D eigenvalue weighted by Gasteiger charge is 2.39. The van der Waals surface area contributed by atoms with Gasteiger partial charge in [-0.15, -0.1) is 12.3 Å². The van der Waals surface area contributed by atoms with E-state index in [1.54, 1.807) is 0 Å².